The van der Waals surface area contributed by atoms with Gasteiger partial charge in [-0.15, -0.1) is 0 Å². The van der Waals surface area contributed by atoms with Gasteiger partial charge in [0.15, 0.2) is 0 Å². The molecule has 0 saturated carbocycles. The van der Waals surface area contributed by atoms with Gasteiger partial charge >= 0.3 is 118 Å². The molecule has 25 nitrogen and oxygen atoms in total. The van der Waals surface area contributed by atoms with Crippen molar-refractivity contribution in [3.8, 4) is 0 Å². The molecule has 0 radical (unpaired) electrons. The summed E-state index contributed by atoms with van der Waals surface area (Å²) in [5, 5.41) is 47.4. The fraction of sp³-hybridized carbons (Fsp3) is 0.250. The van der Waals surface area contributed by atoms with E-state index in [9.17, 15) is 36.5 Å². The van der Waals surface area contributed by atoms with Gasteiger partial charge in [0.05, 0.1) is 58.4 Å². The summed E-state index contributed by atoms with van der Waals surface area (Å²) in [6.07, 6.45) is 5.24. The van der Waals surface area contributed by atoms with Crippen LogP contribution in [0.3, 0.4) is 0 Å². The number of benzene rings is 2. The van der Waals surface area contributed by atoms with Gasteiger partial charge in [-0.2, -0.15) is 33.6 Å². The van der Waals surface area contributed by atoms with Crippen LogP contribution in [0.25, 0.3) is 12.2 Å². The van der Waals surface area contributed by atoms with Gasteiger partial charge in [0.2, 0.25) is 23.8 Å². The van der Waals surface area contributed by atoms with Gasteiger partial charge in [0, 0.05) is 47.6 Å². The molecule has 0 atom stereocenters. The van der Waals surface area contributed by atoms with Crippen molar-refractivity contribution in [3.63, 3.8) is 0 Å². The van der Waals surface area contributed by atoms with E-state index in [0.29, 0.717) is 35.3 Å². The van der Waals surface area contributed by atoms with Crippen molar-refractivity contribution >= 4 is 104 Å². The minimum atomic E-state index is -5.03. The standard InChI is InChI=1S/C28H33N11O14S4.4Na/c40-10-12-49-11-7-29-25-37-26(31-9-14-56(43,44)45)39-28(38-25)35-20-5-3-18(22(15-20)55-53-51-42)1-2-19-4-6-21(16-23(19)57(46,47)48)34-27-33-17-32-24(36-27)30-8-13-54-52-50-41;;;;/h1-6,8,15-17,40-42H,7,9-14H2,(H,43,44,45)(H,46,47,48)(H,32,33,34,36)(H3,29,31,35,37,38,39);;;;/q;4*+1/p-4/b2-1?,30-8-;;;;. The van der Waals surface area contributed by atoms with Crippen LogP contribution in [-0.2, 0) is 43.7 Å². The van der Waals surface area contributed by atoms with E-state index in [1.54, 1.807) is 6.07 Å². The number of aliphatic imine (C=N–C) groups is 1. The van der Waals surface area contributed by atoms with Crippen LogP contribution in [0.4, 0.5) is 41.1 Å². The number of aromatic nitrogens is 6. The number of hydrogen-bond donors (Lipinski definition) is 5. The number of nitrogens with zero attached hydrogens (tertiary/aromatic N) is 7. The minimum Gasteiger partial charge on any atom is -0.748 e. The Hall–Kier alpha value is -0.730. The van der Waals surface area contributed by atoms with Crippen LogP contribution in [0, 0.1) is 0 Å². The molecular weight excluding hydrogens is 935 g/mol. The molecule has 0 aliphatic rings. The van der Waals surface area contributed by atoms with Crippen LogP contribution >= 0.6 is 24.1 Å². The quantitative estimate of drug-likeness (QED) is 0.00602. The predicted octanol–water partition coefficient (Wildman–Crippen LogP) is -12.2. The van der Waals surface area contributed by atoms with Crippen molar-refractivity contribution in [2.45, 2.75) is 9.79 Å². The Morgan fingerprint density at radius 1 is 0.754 bits per heavy atom. The Bertz CT molecular complexity index is 2230. The second kappa shape index (κ2) is 32.0. The fourth-order valence-corrected chi connectivity index (χ4v) is 5.95. The Balaban J connectivity index is 0.00000900. The average Bonchev–Trinajstić information content (AvgIpc) is 3.16. The number of aliphatic hydroxyl groups excluding tert-OH is 1. The van der Waals surface area contributed by atoms with Crippen LogP contribution in [0.15, 0.2) is 57.5 Å². The number of rotatable bonds is 25. The van der Waals surface area contributed by atoms with Gasteiger partial charge in [-0.1, -0.05) is 24.3 Å². The first kappa shape index (κ1) is 60.3. The third-order valence-electron chi connectivity index (χ3n) is 6.42. The Morgan fingerprint density at radius 2 is 1.38 bits per heavy atom. The van der Waals surface area contributed by atoms with Crippen molar-refractivity contribution in [1.82, 2.24) is 29.9 Å². The van der Waals surface area contributed by atoms with Crippen LogP contribution in [0.1, 0.15) is 11.1 Å². The van der Waals surface area contributed by atoms with E-state index >= 15 is 0 Å². The van der Waals surface area contributed by atoms with E-state index in [2.05, 4.69) is 74.9 Å². The van der Waals surface area contributed by atoms with Crippen molar-refractivity contribution in [2.75, 3.05) is 65.7 Å². The zero-order chi connectivity index (χ0) is 41.1. The fourth-order valence-electron chi connectivity index (χ4n) is 4.16. The smallest absolute Gasteiger partial charge is 0.748 e. The third kappa shape index (κ3) is 23.3. The van der Waals surface area contributed by atoms with E-state index in [1.165, 1.54) is 42.6 Å². The third-order valence-corrected chi connectivity index (χ3v) is 9.11. The number of nitrogens with one attached hydrogen (secondary N) is 4. The van der Waals surface area contributed by atoms with Gasteiger partial charge < -0.3 is 50.7 Å². The van der Waals surface area contributed by atoms with Crippen LogP contribution in [-0.4, -0.2) is 112 Å². The number of ether oxygens (including phenoxy) is 1. The first-order valence-electron chi connectivity index (χ1n) is 15.6. The SMILES string of the molecule is O=S(=O)([O-])CCNc1nc(NCCOCCO)nc(Nc2ccc(C=Cc3ccc(Nc4ncnc(/N=C\CSOO[O-])n4)cc3S(=O)(=O)[O-])c(SOO[O-])c2)n1.[Na+].[Na+].[Na+].[Na+]. The molecule has 0 fully saturated rings. The van der Waals surface area contributed by atoms with Crippen LogP contribution in [0.5, 0.6) is 0 Å². The molecule has 33 heteroatoms. The molecular formula is C28H29N11Na4O14S4. The average molecular weight is 964 g/mol. The zero-order valence-electron chi connectivity index (χ0n) is 32.7. The molecule has 0 aliphatic heterocycles. The summed E-state index contributed by atoms with van der Waals surface area (Å²) < 4.78 is 84.0. The largest absolute Gasteiger partial charge is 1.00 e. The predicted molar refractivity (Wildman–Crippen MR) is 196 cm³/mol. The number of aliphatic hydroxyl groups is 1. The van der Waals surface area contributed by atoms with Crippen LogP contribution < -0.4 is 150 Å². The molecule has 0 aliphatic carbocycles. The molecule has 0 unspecified atom stereocenters. The summed E-state index contributed by atoms with van der Waals surface area (Å²) in [5.74, 6) is -0.776. The molecule has 2 heterocycles. The van der Waals surface area contributed by atoms with Gasteiger partial charge in [-0.05, 0) is 35.4 Å². The van der Waals surface area contributed by atoms with Gasteiger partial charge in [-0.3, -0.25) is 10.1 Å². The van der Waals surface area contributed by atoms with E-state index in [0.717, 1.165) is 12.4 Å². The Morgan fingerprint density at radius 3 is 2.03 bits per heavy atom. The van der Waals surface area contributed by atoms with Gasteiger partial charge in [0.1, 0.15) is 16.4 Å². The van der Waals surface area contributed by atoms with E-state index in [1.807, 2.05) is 0 Å². The molecule has 61 heavy (non-hydrogen) atoms. The van der Waals surface area contributed by atoms with E-state index < -0.39 is 30.9 Å². The number of anilines is 6. The molecule has 0 amide bonds. The van der Waals surface area contributed by atoms with Gasteiger partial charge in [-0.25, -0.2) is 26.8 Å². The van der Waals surface area contributed by atoms with Crippen LogP contribution in [0.2, 0.25) is 0 Å². The minimum absolute atomic E-state index is 0. The maximum Gasteiger partial charge on any atom is 1.00 e. The summed E-state index contributed by atoms with van der Waals surface area (Å²) in [6.45, 7) is 0.0442. The monoisotopic (exact) mass is 963 g/mol. The molecule has 5 N–H and O–H groups in total. The van der Waals surface area contributed by atoms with Crippen molar-refractivity contribution in [2.24, 2.45) is 4.99 Å². The molecule has 4 aromatic rings. The summed E-state index contributed by atoms with van der Waals surface area (Å²) >= 11 is 1.17. The number of hydrogen-bond acceptors (Lipinski definition) is 27. The van der Waals surface area contributed by atoms with Crippen molar-refractivity contribution in [1.29, 1.82) is 0 Å². The molecule has 308 valence electrons. The summed E-state index contributed by atoms with van der Waals surface area (Å²) in [6, 6.07) is 8.46. The first-order valence-corrected chi connectivity index (χ1v) is 20.3. The van der Waals surface area contributed by atoms with Crippen molar-refractivity contribution in [3.05, 3.63) is 53.9 Å². The molecule has 2 aromatic heterocycles. The summed E-state index contributed by atoms with van der Waals surface area (Å²) in [7, 11) is -9.56. The topological polar surface area (TPSA) is 365 Å². The van der Waals surface area contributed by atoms with Gasteiger partial charge in [0.25, 0.3) is 5.95 Å². The second-order valence-corrected chi connectivity index (χ2v) is 14.7. The zero-order valence-corrected chi connectivity index (χ0v) is 44.0. The molecule has 2 aromatic carbocycles. The molecule has 0 spiro atoms. The first-order chi connectivity index (χ1) is 27.4. The Labute approximate surface area is 445 Å². The molecule has 4 rings (SSSR count). The van der Waals surface area contributed by atoms with E-state index in [4.69, 9.17) is 9.84 Å². The summed E-state index contributed by atoms with van der Waals surface area (Å²) in [4.78, 5) is 28.1. The normalized spacial score (nSPS) is 11.2. The maximum atomic E-state index is 12.3. The summed E-state index contributed by atoms with van der Waals surface area (Å²) in [5.41, 5.74) is 0.819. The maximum absolute atomic E-state index is 12.3. The second-order valence-electron chi connectivity index (χ2n) is 10.4. The molecule has 0 bridgehead atoms. The van der Waals surface area contributed by atoms with Crippen molar-refractivity contribution < 1.29 is 183 Å². The molecule has 0 saturated heterocycles. The Kier molecular flexibility index (Phi) is 31.6. The van der Waals surface area contributed by atoms with E-state index in [-0.39, 0.29) is 203 Å².